The molecule has 4 rings (SSSR count). The Morgan fingerprint density at radius 3 is 2.50 bits per heavy atom. The number of carbonyl (C=O) groups excluding carboxylic acids is 1. The number of nitrogens with one attached hydrogen (secondary N) is 2. The van der Waals surface area contributed by atoms with E-state index in [-0.39, 0.29) is 29.2 Å². The van der Waals surface area contributed by atoms with E-state index in [1.54, 1.807) is 37.4 Å². The van der Waals surface area contributed by atoms with Crippen molar-refractivity contribution < 1.29 is 34.4 Å². The zero-order valence-electron chi connectivity index (χ0n) is 28.5. The van der Waals surface area contributed by atoms with Crippen LogP contribution >= 0.6 is 0 Å². The number of phenols is 2. The van der Waals surface area contributed by atoms with E-state index < -0.39 is 17.0 Å². The van der Waals surface area contributed by atoms with Gasteiger partial charge in [-0.05, 0) is 112 Å². The monoisotopic (exact) mass is 664 g/mol. The molecule has 2 atom stereocenters. The molecule has 2 aromatic carbocycles. The van der Waals surface area contributed by atoms with Crippen LogP contribution in [0.15, 0.2) is 47.5 Å². The quantitative estimate of drug-likeness (QED) is 0.0564. The molecule has 2 aromatic rings. The summed E-state index contributed by atoms with van der Waals surface area (Å²) in [4.78, 5) is 28.9. The summed E-state index contributed by atoms with van der Waals surface area (Å²) in [6.07, 6.45) is 12.8. The molecule has 7 N–H and O–H groups in total. The molecule has 0 heterocycles. The minimum absolute atomic E-state index is 0.00578. The molecular formula is C37H52N4O7. The predicted octanol–water partition coefficient (Wildman–Crippen LogP) is 5.72. The number of hydrogen-bond acceptors (Lipinski definition) is 8. The molecule has 0 aliphatic heterocycles. The maximum absolute atomic E-state index is 12.6. The van der Waals surface area contributed by atoms with Crippen LogP contribution in [0.3, 0.4) is 0 Å². The third-order valence-electron chi connectivity index (χ3n) is 9.88. The summed E-state index contributed by atoms with van der Waals surface area (Å²) < 4.78 is 11.9. The van der Waals surface area contributed by atoms with Crippen LogP contribution in [0.5, 0.6) is 23.0 Å². The number of carboxylic acids is 1. The average Bonchev–Trinajstić information content (AvgIpc) is 3.46. The molecule has 0 aromatic heterocycles. The molecular weight excluding hydrogens is 612 g/mol. The number of aliphatic imine (C=N–C) groups is 1. The highest BCUT2D eigenvalue weighted by Crippen LogP contribution is 2.49. The highest BCUT2D eigenvalue weighted by atomic mass is 16.5. The summed E-state index contributed by atoms with van der Waals surface area (Å²) in [5.41, 5.74) is 6.84. The minimum atomic E-state index is -0.681. The van der Waals surface area contributed by atoms with Crippen LogP contribution in [-0.4, -0.2) is 66.4 Å². The number of ether oxygens (including phenoxy) is 2. The highest BCUT2D eigenvalue weighted by Gasteiger charge is 2.47. The first-order valence-corrected chi connectivity index (χ1v) is 17.0. The van der Waals surface area contributed by atoms with E-state index in [0.29, 0.717) is 62.3 Å². The van der Waals surface area contributed by atoms with Gasteiger partial charge >= 0.3 is 5.97 Å². The number of carbonyl (C=O) groups is 2. The number of hydrogen-bond donors (Lipinski definition) is 6. The molecule has 48 heavy (non-hydrogen) atoms. The van der Waals surface area contributed by atoms with E-state index in [4.69, 9.17) is 15.2 Å². The fraction of sp³-hybridized carbons (Fsp3) is 0.541. The fourth-order valence-corrected chi connectivity index (χ4v) is 7.37. The molecule has 11 nitrogen and oxygen atoms in total. The average molecular weight is 665 g/mol. The van der Waals surface area contributed by atoms with Gasteiger partial charge in [0.25, 0.3) is 0 Å². The standard InChI is InChI=1S/C37H52N4O7/c1-39-24-37(18-15-27(23-37)22-36(34(45)46)16-7-4-8-17-36)48-32-21-26(19-29(33(32)44)41-35(38)40-2)9-5-6-10-28(42)13-11-25-12-14-30(43)31(20-25)47-3/h6,10,12,14,19-21,27,39,43-44H,4-5,7-9,11,13,15-18,22-24H2,1-3H3,(H,45,46)(H3,38,40,41)/t27-,37+/m0/s1. The number of likely N-dealkylation sites (N-methyl/N-ethyl adjacent to an activating group) is 1. The smallest absolute Gasteiger partial charge is 0.309 e. The molecule has 2 aliphatic rings. The molecule has 262 valence electrons. The van der Waals surface area contributed by atoms with Crippen LogP contribution in [0.4, 0.5) is 5.69 Å². The summed E-state index contributed by atoms with van der Waals surface area (Å²) in [5.74, 6) is 0.350. The summed E-state index contributed by atoms with van der Waals surface area (Å²) in [5, 5.41) is 37.5. The van der Waals surface area contributed by atoms with Gasteiger partial charge in [-0.3, -0.25) is 14.6 Å². The fourth-order valence-electron chi connectivity index (χ4n) is 7.37. The second kappa shape index (κ2) is 16.7. The number of ketones is 1. The zero-order valence-corrected chi connectivity index (χ0v) is 28.5. The Hall–Kier alpha value is -4.25. The predicted molar refractivity (Wildman–Crippen MR) is 187 cm³/mol. The van der Waals surface area contributed by atoms with E-state index in [0.717, 1.165) is 56.1 Å². The summed E-state index contributed by atoms with van der Waals surface area (Å²) in [6.45, 7) is 0.552. The molecule has 2 aliphatic carbocycles. The van der Waals surface area contributed by atoms with Gasteiger partial charge in [0.1, 0.15) is 5.60 Å². The zero-order chi connectivity index (χ0) is 34.7. The van der Waals surface area contributed by atoms with E-state index >= 15 is 0 Å². The van der Waals surface area contributed by atoms with Crippen molar-refractivity contribution in [3.63, 3.8) is 0 Å². The number of carboxylic acid groups (broad SMARTS) is 1. The topological polar surface area (TPSA) is 176 Å². The van der Waals surface area contributed by atoms with Crippen molar-refractivity contribution >= 4 is 23.4 Å². The minimum Gasteiger partial charge on any atom is -0.504 e. The van der Waals surface area contributed by atoms with Crippen LogP contribution in [0, 0.1) is 11.3 Å². The van der Waals surface area contributed by atoms with Crippen molar-refractivity contribution in [2.45, 2.75) is 89.1 Å². The lowest BCUT2D eigenvalue weighted by molar-refractivity contribution is -0.152. The molecule has 0 radical (unpaired) electrons. The third kappa shape index (κ3) is 9.43. The van der Waals surface area contributed by atoms with E-state index in [9.17, 15) is 24.9 Å². The Kier molecular flexibility index (Phi) is 12.7. The number of benzene rings is 2. The maximum Gasteiger partial charge on any atom is 0.309 e. The van der Waals surface area contributed by atoms with Gasteiger partial charge in [0.2, 0.25) is 0 Å². The van der Waals surface area contributed by atoms with Gasteiger partial charge in [-0.15, -0.1) is 0 Å². The van der Waals surface area contributed by atoms with Crippen molar-refractivity contribution in [2.24, 2.45) is 22.1 Å². The van der Waals surface area contributed by atoms with E-state index in [1.165, 1.54) is 7.11 Å². The van der Waals surface area contributed by atoms with Gasteiger partial charge < -0.3 is 41.2 Å². The van der Waals surface area contributed by atoms with Gasteiger partial charge in [0.05, 0.1) is 18.2 Å². The SMILES string of the molecule is CN=C(N)Nc1cc(CCC=CC(=O)CCc2ccc(O)c(OC)c2)cc(O[C@]2(CNC)CC[C@@H](CC3(C(=O)O)CCCCC3)C2)c1O. The van der Waals surface area contributed by atoms with Gasteiger partial charge in [-0.1, -0.05) is 31.4 Å². The van der Waals surface area contributed by atoms with Crippen molar-refractivity contribution in [1.82, 2.24) is 5.32 Å². The number of aromatic hydroxyl groups is 2. The third-order valence-corrected chi connectivity index (χ3v) is 9.88. The summed E-state index contributed by atoms with van der Waals surface area (Å²) >= 11 is 0. The lowest BCUT2D eigenvalue weighted by Crippen LogP contribution is -2.43. The Bertz CT molecular complexity index is 1480. The van der Waals surface area contributed by atoms with Crippen LogP contribution in [-0.2, 0) is 22.4 Å². The lowest BCUT2D eigenvalue weighted by Gasteiger charge is -2.36. The number of anilines is 1. The normalized spacial score (nSPS) is 20.9. The number of rotatable bonds is 16. The van der Waals surface area contributed by atoms with Crippen LogP contribution in [0.1, 0.15) is 81.8 Å². The molecule has 0 amide bonds. The lowest BCUT2D eigenvalue weighted by atomic mass is 9.68. The number of methoxy groups -OCH3 is 1. The second-order valence-corrected chi connectivity index (χ2v) is 13.4. The highest BCUT2D eigenvalue weighted by molar-refractivity contribution is 5.94. The van der Waals surface area contributed by atoms with Crippen molar-refractivity contribution in [2.75, 3.05) is 33.1 Å². The number of allylic oxidation sites excluding steroid dienone is 2. The van der Waals surface area contributed by atoms with Gasteiger partial charge in [0.15, 0.2) is 34.7 Å². The maximum atomic E-state index is 12.6. The number of guanidine groups is 1. The number of phenolic OH excluding ortho intramolecular Hbond substituents is 2. The second-order valence-electron chi connectivity index (χ2n) is 13.4. The Labute approximate surface area is 283 Å². The Morgan fingerprint density at radius 1 is 1.06 bits per heavy atom. The number of aliphatic carboxylic acids is 1. The molecule has 0 saturated heterocycles. The number of nitrogens with zero attached hydrogens (tertiary/aromatic N) is 1. The van der Waals surface area contributed by atoms with Crippen LogP contribution < -0.4 is 25.8 Å². The van der Waals surface area contributed by atoms with E-state index in [1.807, 2.05) is 19.2 Å². The van der Waals surface area contributed by atoms with Crippen LogP contribution in [0.2, 0.25) is 0 Å². The van der Waals surface area contributed by atoms with Crippen molar-refractivity contribution in [1.29, 1.82) is 0 Å². The first-order chi connectivity index (χ1) is 23.0. The van der Waals surface area contributed by atoms with Gasteiger partial charge in [-0.2, -0.15) is 0 Å². The molecule has 0 spiro atoms. The van der Waals surface area contributed by atoms with Crippen LogP contribution in [0.25, 0.3) is 0 Å². The molecule has 2 fully saturated rings. The van der Waals surface area contributed by atoms with Gasteiger partial charge in [0, 0.05) is 20.0 Å². The molecule has 2 saturated carbocycles. The molecule has 11 heteroatoms. The first kappa shape index (κ1) is 36.6. The number of aryl methyl sites for hydroxylation is 2. The molecule has 0 bridgehead atoms. The molecule has 0 unspecified atom stereocenters. The first-order valence-electron chi connectivity index (χ1n) is 17.0. The summed E-state index contributed by atoms with van der Waals surface area (Å²) in [6, 6.07) is 8.70. The Balaban J connectivity index is 1.45. The van der Waals surface area contributed by atoms with E-state index in [2.05, 4.69) is 15.6 Å². The summed E-state index contributed by atoms with van der Waals surface area (Å²) in [7, 11) is 4.91. The van der Waals surface area contributed by atoms with Crippen molar-refractivity contribution in [3.05, 3.63) is 53.6 Å². The van der Waals surface area contributed by atoms with Gasteiger partial charge in [-0.25, -0.2) is 0 Å². The number of nitrogens with two attached hydrogens (primary N) is 1. The largest absolute Gasteiger partial charge is 0.504 e. The Morgan fingerprint density at radius 2 is 1.81 bits per heavy atom. The van der Waals surface area contributed by atoms with Crippen molar-refractivity contribution in [3.8, 4) is 23.0 Å².